The van der Waals surface area contributed by atoms with E-state index in [0.717, 1.165) is 0 Å². The van der Waals surface area contributed by atoms with Crippen LogP contribution >= 0.6 is 11.3 Å². The maximum atomic E-state index is 2.77. The van der Waals surface area contributed by atoms with Crippen LogP contribution in [0.2, 0.25) is 0 Å². The molecule has 0 spiro atoms. The normalized spacial score (nSPS) is 22.9. The average molecular weight is 809 g/mol. The van der Waals surface area contributed by atoms with Gasteiger partial charge in [0.1, 0.15) is 0 Å². The first-order valence-electron chi connectivity index (χ1n) is 22.9. The predicted molar refractivity (Wildman–Crippen MR) is 263 cm³/mol. The maximum absolute atomic E-state index is 2.77. The summed E-state index contributed by atoms with van der Waals surface area (Å²) in [4.78, 5) is 5.43. The average Bonchev–Trinajstić information content (AvgIpc) is 3.71. The fourth-order valence-corrected chi connectivity index (χ4v) is 13.0. The number of benzene rings is 5. The lowest BCUT2D eigenvalue weighted by atomic mass is 9.34. The van der Waals surface area contributed by atoms with Crippen molar-refractivity contribution < 1.29 is 0 Å². The lowest BCUT2D eigenvalue weighted by molar-refractivity contribution is 0.195. The molecule has 60 heavy (non-hydrogen) atoms. The summed E-state index contributed by atoms with van der Waals surface area (Å²) in [6, 6.07) is 39.1. The molecule has 2 atom stereocenters. The lowest BCUT2D eigenvalue weighted by Gasteiger charge is -2.50. The van der Waals surface area contributed by atoms with Crippen LogP contribution in [-0.2, 0) is 27.1 Å². The Morgan fingerprint density at radius 2 is 1.15 bits per heavy atom. The van der Waals surface area contributed by atoms with Crippen molar-refractivity contribution in [3.8, 4) is 0 Å². The van der Waals surface area contributed by atoms with Gasteiger partial charge in [-0.15, -0.1) is 11.3 Å². The first-order valence-corrected chi connectivity index (χ1v) is 23.8. The Bertz CT molecular complexity index is 2690. The molecule has 2 aliphatic carbocycles. The van der Waals surface area contributed by atoms with Crippen LogP contribution in [0, 0.1) is 0 Å². The molecule has 2 nitrogen and oxygen atoms in total. The van der Waals surface area contributed by atoms with E-state index in [1.54, 1.807) is 0 Å². The molecule has 0 bridgehead atoms. The third-order valence-electron chi connectivity index (χ3n) is 16.2. The van der Waals surface area contributed by atoms with Gasteiger partial charge in [0.05, 0.1) is 5.54 Å². The van der Waals surface area contributed by atoms with Crippen molar-refractivity contribution in [1.29, 1.82) is 0 Å². The maximum Gasteiger partial charge on any atom is 0.248 e. The van der Waals surface area contributed by atoms with Crippen molar-refractivity contribution in [2.45, 2.75) is 154 Å². The molecule has 10 rings (SSSR count). The molecule has 4 aliphatic rings. The van der Waals surface area contributed by atoms with Gasteiger partial charge in [-0.25, -0.2) is 0 Å². The zero-order chi connectivity index (χ0) is 42.4. The highest BCUT2D eigenvalue weighted by Crippen LogP contribution is 2.61. The van der Waals surface area contributed by atoms with Gasteiger partial charge in [0.15, 0.2) is 0 Å². The van der Waals surface area contributed by atoms with Crippen LogP contribution in [0.1, 0.15) is 149 Å². The number of nitrogens with zero attached hydrogens (tertiary/aromatic N) is 2. The molecular formula is C56H65BN2S. The molecule has 1 fully saturated rings. The summed E-state index contributed by atoms with van der Waals surface area (Å²) in [6.45, 7) is 29.1. The fourth-order valence-electron chi connectivity index (χ4n) is 12.0. The molecule has 0 radical (unpaired) electrons. The highest BCUT2D eigenvalue weighted by molar-refractivity contribution is 7.20. The van der Waals surface area contributed by atoms with E-state index in [4.69, 9.17) is 0 Å². The summed E-state index contributed by atoms with van der Waals surface area (Å²) in [5.74, 6) is 0. The van der Waals surface area contributed by atoms with Crippen LogP contribution in [0.25, 0.3) is 10.1 Å². The van der Waals surface area contributed by atoms with Crippen molar-refractivity contribution in [1.82, 2.24) is 0 Å². The molecule has 0 N–H and O–H groups in total. The van der Waals surface area contributed by atoms with E-state index in [1.807, 2.05) is 11.3 Å². The molecule has 0 saturated heterocycles. The molecule has 4 heteroatoms. The third-order valence-corrected chi connectivity index (χ3v) is 17.1. The van der Waals surface area contributed by atoms with Crippen molar-refractivity contribution in [3.63, 3.8) is 0 Å². The minimum atomic E-state index is -0.0179. The molecule has 1 saturated carbocycles. The Hall–Kier alpha value is -4.28. The summed E-state index contributed by atoms with van der Waals surface area (Å²) in [7, 11) is 0. The number of hydrogen-bond acceptors (Lipinski definition) is 3. The Kier molecular flexibility index (Phi) is 8.71. The molecule has 0 amide bonds. The minimum Gasteiger partial charge on any atom is -0.334 e. The number of anilines is 5. The molecule has 308 valence electrons. The Morgan fingerprint density at radius 1 is 0.533 bits per heavy atom. The third kappa shape index (κ3) is 5.78. The Labute approximate surface area is 365 Å². The fraction of sp³-hybridized carbons (Fsp3) is 0.429. The van der Waals surface area contributed by atoms with Gasteiger partial charge in [-0.05, 0) is 146 Å². The number of thiophene rings is 1. The minimum absolute atomic E-state index is 0.0179. The summed E-state index contributed by atoms with van der Waals surface area (Å²) < 4.78 is 1.37. The van der Waals surface area contributed by atoms with Crippen LogP contribution < -0.4 is 26.2 Å². The summed E-state index contributed by atoms with van der Waals surface area (Å²) in [6.07, 6.45) is 7.35. The van der Waals surface area contributed by atoms with Gasteiger partial charge in [-0.2, -0.15) is 0 Å². The van der Waals surface area contributed by atoms with Crippen LogP contribution in [-0.4, -0.2) is 12.3 Å². The first kappa shape index (κ1) is 39.8. The standard InChI is InChI=1S/C56H65BN2S/c1-51(2,3)36-19-22-38(23-20-36)58-48-32-39(59-47-18-14-13-17-41(47)55(11)27-15-16-28-56(55,59)12)24-25-44(48)57(46-35-60-50-26-21-37(31-40(46)50)52(4,5)6)45-33-42-43(34-49(45)58)54(9,10)30-29-53(42,7)8/h13-14,17-26,31-35H,15-16,27-30H2,1-12H3. The number of rotatable bonds is 3. The molecule has 2 unspecified atom stereocenters. The highest BCUT2D eigenvalue weighted by Gasteiger charge is 2.57. The predicted octanol–water partition coefficient (Wildman–Crippen LogP) is 13.9. The quantitative estimate of drug-likeness (QED) is 0.164. The molecule has 6 aromatic rings. The summed E-state index contributed by atoms with van der Waals surface area (Å²) in [5.41, 5.74) is 18.5. The molecular weight excluding hydrogens is 744 g/mol. The lowest BCUT2D eigenvalue weighted by Crippen LogP contribution is -2.58. The second kappa shape index (κ2) is 13.1. The highest BCUT2D eigenvalue weighted by atomic mass is 32.1. The van der Waals surface area contributed by atoms with Gasteiger partial charge in [-0.3, -0.25) is 0 Å². The summed E-state index contributed by atoms with van der Waals surface area (Å²) in [5, 5.41) is 3.90. The smallest absolute Gasteiger partial charge is 0.248 e. The first-order chi connectivity index (χ1) is 28.2. The van der Waals surface area contributed by atoms with Crippen LogP contribution in [0.5, 0.6) is 0 Å². The van der Waals surface area contributed by atoms with E-state index in [-0.39, 0.29) is 39.3 Å². The zero-order valence-electron chi connectivity index (χ0n) is 38.4. The number of fused-ring (bicyclic) bond motifs is 7. The molecule has 3 heterocycles. The van der Waals surface area contributed by atoms with Crippen LogP contribution in [0.15, 0.2) is 102 Å². The molecule has 1 aromatic heterocycles. The van der Waals surface area contributed by atoms with Crippen molar-refractivity contribution in [3.05, 3.63) is 130 Å². The second-order valence-electron chi connectivity index (χ2n) is 22.9. The number of hydrogen-bond donors (Lipinski definition) is 0. The van der Waals surface area contributed by atoms with E-state index < -0.39 is 0 Å². The van der Waals surface area contributed by atoms with Crippen LogP contribution in [0.4, 0.5) is 28.4 Å². The Morgan fingerprint density at radius 3 is 1.85 bits per heavy atom. The van der Waals surface area contributed by atoms with Crippen molar-refractivity contribution in [2.75, 3.05) is 9.80 Å². The summed E-state index contributed by atoms with van der Waals surface area (Å²) >= 11 is 1.91. The van der Waals surface area contributed by atoms with E-state index in [1.165, 1.54) is 121 Å². The van der Waals surface area contributed by atoms with Gasteiger partial charge in [0.2, 0.25) is 6.71 Å². The van der Waals surface area contributed by atoms with Gasteiger partial charge in [0, 0.05) is 38.6 Å². The SMILES string of the molecule is CC(C)(C)c1ccc(N2c3cc(N4c5ccccc5C5(C)CCCCC45C)ccc3B(c3csc4ccc(C(C)(C)C)cc34)c3cc4c(cc32)C(C)(C)CCC4(C)C)cc1. The van der Waals surface area contributed by atoms with E-state index >= 15 is 0 Å². The monoisotopic (exact) mass is 808 g/mol. The largest absolute Gasteiger partial charge is 0.334 e. The second-order valence-corrected chi connectivity index (χ2v) is 23.8. The van der Waals surface area contributed by atoms with Crippen molar-refractivity contribution in [2.24, 2.45) is 0 Å². The number of para-hydroxylation sites is 1. The van der Waals surface area contributed by atoms with Crippen molar-refractivity contribution >= 4 is 73.0 Å². The van der Waals surface area contributed by atoms with Crippen LogP contribution in [0.3, 0.4) is 0 Å². The zero-order valence-corrected chi connectivity index (χ0v) is 39.3. The van der Waals surface area contributed by atoms with E-state index in [0.29, 0.717) is 0 Å². The van der Waals surface area contributed by atoms with Gasteiger partial charge in [0.25, 0.3) is 0 Å². The van der Waals surface area contributed by atoms with Gasteiger partial charge in [-0.1, -0.05) is 149 Å². The molecule has 5 aromatic carbocycles. The van der Waals surface area contributed by atoms with Gasteiger partial charge >= 0.3 is 0 Å². The van der Waals surface area contributed by atoms with Gasteiger partial charge < -0.3 is 9.80 Å². The topological polar surface area (TPSA) is 6.48 Å². The van der Waals surface area contributed by atoms with E-state index in [2.05, 4.69) is 195 Å². The molecule has 2 aliphatic heterocycles. The Balaban J connectivity index is 1.28. The van der Waals surface area contributed by atoms with E-state index in [9.17, 15) is 0 Å².